The van der Waals surface area contributed by atoms with Crippen molar-refractivity contribution in [1.82, 2.24) is 0 Å². The number of rotatable bonds is 3. The van der Waals surface area contributed by atoms with E-state index in [2.05, 4.69) is 6.07 Å². The molecule has 0 saturated heterocycles. The van der Waals surface area contributed by atoms with Crippen LogP contribution in [0.3, 0.4) is 0 Å². The third-order valence-corrected chi connectivity index (χ3v) is 2.94. The van der Waals surface area contributed by atoms with Crippen LogP contribution in [0, 0.1) is 11.3 Å². The highest BCUT2D eigenvalue weighted by Crippen LogP contribution is 2.26. The fourth-order valence-electron chi connectivity index (χ4n) is 1.85. The van der Waals surface area contributed by atoms with E-state index in [1.165, 1.54) is 0 Å². The molecule has 0 fully saturated rings. The zero-order valence-electron chi connectivity index (χ0n) is 9.98. The van der Waals surface area contributed by atoms with Gasteiger partial charge in [-0.05, 0) is 41.0 Å². The topological polar surface area (TPSA) is 33.0 Å². The molecule has 90 valence electrons. The summed E-state index contributed by atoms with van der Waals surface area (Å²) in [7, 11) is 1.64. The zero-order valence-corrected chi connectivity index (χ0v) is 10.7. The van der Waals surface area contributed by atoms with E-state index in [1.54, 1.807) is 7.11 Å². The maximum atomic E-state index is 8.92. The lowest BCUT2D eigenvalue weighted by molar-refractivity contribution is 0.185. The average molecular weight is 258 g/mol. The van der Waals surface area contributed by atoms with Crippen LogP contribution in [0.1, 0.15) is 11.1 Å². The average Bonchev–Trinajstić information content (AvgIpc) is 2.40. The van der Waals surface area contributed by atoms with Crippen molar-refractivity contribution in [3.8, 4) is 17.2 Å². The van der Waals surface area contributed by atoms with E-state index >= 15 is 0 Å². The molecule has 0 aliphatic carbocycles. The molecule has 2 aromatic rings. The van der Waals surface area contributed by atoms with Crippen LogP contribution in [-0.2, 0) is 11.3 Å². The van der Waals surface area contributed by atoms with Gasteiger partial charge < -0.3 is 4.74 Å². The highest BCUT2D eigenvalue weighted by molar-refractivity contribution is 6.30. The van der Waals surface area contributed by atoms with Gasteiger partial charge >= 0.3 is 0 Å². The number of benzene rings is 2. The number of hydrogen-bond donors (Lipinski definition) is 0. The Morgan fingerprint density at radius 1 is 1.17 bits per heavy atom. The van der Waals surface area contributed by atoms with Gasteiger partial charge in [0.2, 0.25) is 0 Å². The first-order chi connectivity index (χ1) is 8.74. The molecule has 0 heterocycles. The van der Waals surface area contributed by atoms with Gasteiger partial charge in [0.1, 0.15) is 0 Å². The van der Waals surface area contributed by atoms with Gasteiger partial charge in [0, 0.05) is 12.1 Å². The summed E-state index contributed by atoms with van der Waals surface area (Å²) in [6, 6.07) is 15.4. The molecule has 18 heavy (non-hydrogen) atoms. The van der Waals surface area contributed by atoms with Crippen molar-refractivity contribution >= 4 is 11.6 Å². The summed E-state index contributed by atoms with van der Waals surface area (Å²) in [4.78, 5) is 0. The van der Waals surface area contributed by atoms with Crippen LogP contribution in [0.5, 0.6) is 0 Å². The number of halogens is 1. The number of nitrogens with zero attached hydrogens (tertiary/aromatic N) is 1. The predicted molar refractivity (Wildman–Crippen MR) is 72.3 cm³/mol. The third kappa shape index (κ3) is 2.70. The van der Waals surface area contributed by atoms with Gasteiger partial charge in [-0.15, -0.1) is 0 Å². The summed E-state index contributed by atoms with van der Waals surface area (Å²) in [6.07, 6.45) is 0. The molecule has 0 N–H and O–H groups in total. The number of nitriles is 1. The summed E-state index contributed by atoms with van der Waals surface area (Å²) < 4.78 is 5.18. The Morgan fingerprint density at radius 3 is 2.50 bits per heavy atom. The van der Waals surface area contributed by atoms with Gasteiger partial charge in [0.15, 0.2) is 0 Å². The molecule has 0 aliphatic rings. The fraction of sp³-hybridized carbons (Fsp3) is 0.133. The first-order valence-corrected chi connectivity index (χ1v) is 5.90. The van der Waals surface area contributed by atoms with Gasteiger partial charge in [-0.2, -0.15) is 5.26 Å². The highest BCUT2D eigenvalue weighted by atomic mass is 35.5. The Balaban J connectivity index is 2.49. The molecule has 0 bridgehead atoms. The molecule has 0 spiro atoms. The number of ether oxygens (including phenoxy) is 1. The second-order valence-corrected chi connectivity index (χ2v) is 4.36. The van der Waals surface area contributed by atoms with E-state index in [0.29, 0.717) is 17.2 Å². The summed E-state index contributed by atoms with van der Waals surface area (Å²) in [5.41, 5.74) is 3.77. The van der Waals surface area contributed by atoms with Crippen LogP contribution in [0.2, 0.25) is 5.02 Å². The molecule has 0 saturated carbocycles. The second kappa shape index (κ2) is 5.68. The molecule has 2 aromatic carbocycles. The summed E-state index contributed by atoms with van der Waals surface area (Å²) in [6.45, 7) is 0.480. The van der Waals surface area contributed by atoms with Crippen molar-refractivity contribution < 1.29 is 4.74 Å². The second-order valence-electron chi connectivity index (χ2n) is 3.92. The van der Waals surface area contributed by atoms with Crippen molar-refractivity contribution in [2.24, 2.45) is 0 Å². The van der Waals surface area contributed by atoms with Gasteiger partial charge in [0.05, 0.1) is 18.2 Å². The van der Waals surface area contributed by atoms with E-state index in [-0.39, 0.29) is 0 Å². The summed E-state index contributed by atoms with van der Waals surface area (Å²) in [5.74, 6) is 0. The van der Waals surface area contributed by atoms with E-state index in [0.717, 1.165) is 16.7 Å². The Bertz CT molecular complexity index is 584. The van der Waals surface area contributed by atoms with Gasteiger partial charge in [-0.3, -0.25) is 0 Å². The fourth-order valence-corrected chi connectivity index (χ4v) is 1.98. The molecule has 0 aliphatic heterocycles. The van der Waals surface area contributed by atoms with E-state index in [9.17, 15) is 0 Å². The first kappa shape index (κ1) is 12.6. The van der Waals surface area contributed by atoms with E-state index in [4.69, 9.17) is 21.6 Å². The van der Waals surface area contributed by atoms with Crippen LogP contribution < -0.4 is 0 Å². The Hall–Kier alpha value is -1.82. The molecular weight excluding hydrogens is 246 g/mol. The lowest BCUT2D eigenvalue weighted by Gasteiger charge is -2.09. The standard InChI is InChI=1S/C15H12ClNO/c1-18-10-13-8-11(9-17)2-7-15(13)12-3-5-14(16)6-4-12/h2-8H,10H2,1H3. The van der Waals surface area contributed by atoms with Gasteiger partial charge in [-0.25, -0.2) is 0 Å². The van der Waals surface area contributed by atoms with Crippen LogP contribution in [0.25, 0.3) is 11.1 Å². The first-order valence-electron chi connectivity index (χ1n) is 5.52. The van der Waals surface area contributed by atoms with Crippen molar-refractivity contribution in [3.05, 3.63) is 58.6 Å². The summed E-state index contributed by atoms with van der Waals surface area (Å²) >= 11 is 5.88. The quantitative estimate of drug-likeness (QED) is 0.832. The van der Waals surface area contributed by atoms with Crippen LogP contribution in [-0.4, -0.2) is 7.11 Å². The number of methoxy groups -OCH3 is 1. The van der Waals surface area contributed by atoms with Crippen molar-refractivity contribution in [3.63, 3.8) is 0 Å². The largest absolute Gasteiger partial charge is 0.380 e. The third-order valence-electron chi connectivity index (χ3n) is 2.69. The summed E-state index contributed by atoms with van der Waals surface area (Å²) in [5, 5.41) is 9.63. The molecule has 0 amide bonds. The van der Waals surface area contributed by atoms with E-state index < -0.39 is 0 Å². The van der Waals surface area contributed by atoms with Crippen molar-refractivity contribution in [2.75, 3.05) is 7.11 Å². The lowest BCUT2D eigenvalue weighted by atomic mass is 9.98. The molecule has 3 heteroatoms. The van der Waals surface area contributed by atoms with E-state index in [1.807, 2.05) is 42.5 Å². The molecule has 2 rings (SSSR count). The Kier molecular flexibility index (Phi) is 3.99. The van der Waals surface area contributed by atoms with Crippen LogP contribution >= 0.6 is 11.6 Å². The van der Waals surface area contributed by atoms with Crippen molar-refractivity contribution in [2.45, 2.75) is 6.61 Å². The predicted octanol–water partition coefficient (Wildman–Crippen LogP) is 4.03. The minimum Gasteiger partial charge on any atom is -0.380 e. The minimum atomic E-state index is 0.480. The SMILES string of the molecule is COCc1cc(C#N)ccc1-c1ccc(Cl)cc1. The molecule has 2 nitrogen and oxygen atoms in total. The zero-order chi connectivity index (χ0) is 13.0. The monoisotopic (exact) mass is 257 g/mol. The van der Waals surface area contributed by atoms with Crippen molar-refractivity contribution in [1.29, 1.82) is 5.26 Å². The van der Waals surface area contributed by atoms with Gasteiger partial charge in [0.25, 0.3) is 0 Å². The lowest BCUT2D eigenvalue weighted by Crippen LogP contribution is -1.93. The highest BCUT2D eigenvalue weighted by Gasteiger charge is 2.06. The minimum absolute atomic E-state index is 0.480. The Labute approximate surface area is 111 Å². The molecule has 0 aromatic heterocycles. The molecule has 0 atom stereocenters. The molecule has 0 unspecified atom stereocenters. The normalized spacial score (nSPS) is 10.1. The Morgan fingerprint density at radius 2 is 1.89 bits per heavy atom. The van der Waals surface area contributed by atoms with Crippen LogP contribution in [0.4, 0.5) is 0 Å². The number of hydrogen-bond acceptors (Lipinski definition) is 2. The maximum absolute atomic E-state index is 8.92. The van der Waals surface area contributed by atoms with Gasteiger partial charge in [-0.1, -0.05) is 29.8 Å². The smallest absolute Gasteiger partial charge is 0.0991 e. The maximum Gasteiger partial charge on any atom is 0.0991 e. The molecule has 0 radical (unpaired) electrons. The van der Waals surface area contributed by atoms with Crippen LogP contribution in [0.15, 0.2) is 42.5 Å². The molecular formula is C15H12ClNO.